The minimum absolute atomic E-state index is 0.269. The Morgan fingerprint density at radius 3 is 2.71 bits per heavy atom. The molecular formula is C12H15NO4. The van der Waals surface area contributed by atoms with Crippen molar-refractivity contribution in [3.63, 3.8) is 0 Å². The molecule has 0 spiro atoms. The molecule has 0 aliphatic rings. The molecule has 0 aliphatic heterocycles. The lowest BCUT2D eigenvalue weighted by atomic mass is 10.1. The number of amides is 1. The lowest BCUT2D eigenvalue weighted by Crippen LogP contribution is -2.32. The first-order valence-electron chi connectivity index (χ1n) is 5.19. The van der Waals surface area contributed by atoms with Crippen LogP contribution in [0.4, 0.5) is 0 Å². The number of carboxylic acids is 1. The summed E-state index contributed by atoms with van der Waals surface area (Å²) >= 11 is 0. The van der Waals surface area contributed by atoms with Crippen LogP contribution in [0.15, 0.2) is 18.2 Å². The number of carboxylic acid groups (broad SMARTS) is 1. The van der Waals surface area contributed by atoms with Crippen molar-refractivity contribution in [2.45, 2.75) is 13.3 Å². The van der Waals surface area contributed by atoms with Gasteiger partial charge >= 0.3 is 11.9 Å². The van der Waals surface area contributed by atoms with Gasteiger partial charge in [0.15, 0.2) is 0 Å². The molecular weight excluding hydrogens is 222 g/mol. The molecule has 0 aliphatic carbocycles. The van der Waals surface area contributed by atoms with Gasteiger partial charge in [0.05, 0.1) is 7.11 Å². The Kier molecular flexibility index (Phi) is 4.51. The molecule has 0 atom stereocenters. The van der Waals surface area contributed by atoms with E-state index in [9.17, 15) is 9.59 Å². The quantitative estimate of drug-likeness (QED) is 0.757. The Balaban J connectivity index is 2.59. The summed E-state index contributed by atoms with van der Waals surface area (Å²) in [6.07, 6.45) is 0.532. The molecule has 1 rings (SSSR count). The number of methoxy groups -OCH3 is 1. The van der Waals surface area contributed by atoms with Gasteiger partial charge in [-0.25, -0.2) is 4.79 Å². The Labute approximate surface area is 99.4 Å². The van der Waals surface area contributed by atoms with Gasteiger partial charge in [-0.2, -0.15) is 0 Å². The van der Waals surface area contributed by atoms with Crippen molar-refractivity contribution in [1.29, 1.82) is 0 Å². The van der Waals surface area contributed by atoms with E-state index in [4.69, 9.17) is 9.84 Å². The maximum Gasteiger partial charge on any atom is 0.394 e. The third kappa shape index (κ3) is 3.79. The van der Waals surface area contributed by atoms with E-state index >= 15 is 0 Å². The molecule has 1 aromatic carbocycles. The maximum atomic E-state index is 10.8. The smallest absolute Gasteiger partial charge is 0.394 e. The average Bonchev–Trinajstić information content (AvgIpc) is 2.29. The summed E-state index contributed by atoms with van der Waals surface area (Å²) in [5.41, 5.74) is 2.03. The predicted octanol–water partition coefficient (Wildman–Crippen LogP) is 0.747. The number of aryl methyl sites for hydroxylation is 1. The largest absolute Gasteiger partial charge is 0.496 e. The molecule has 1 aromatic rings. The molecule has 0 bridgehead atoms. The predicted molar refractivity (Wildman–Crippen MR) is 62.1 cm³/mol. The van der Waals surface area contributed by atoms with Crippen molar-refractivity contribution in [1.82, 2.24) is 5.32 Å². The summed E-state index contributed by atoms with van der Waals surface area (Å²) in [5, 5.41) is 10.7. The van der Waals surface area contributed by atoms with Gasteiger partial charge in [0.1, 0.15) is 5.75 Å². The fourth-order valence-corrected chi connectivity index (χ4v) is 1.49. The molecule has 0 radical (unpaired) electrons. The van der Waals surface area contributed by atoms with Crippen LogP contribution in [0.1, 0.15) is 11.1 Å². The molecule has 0 heterocycles. The Morgan fingerprint density at radius 1 is 1.41 bits per heavy atom. The van der Waals surface area contributed by atoms with Gasteiger partial charge < -0.3 is 15.2 Å². The van der Waals surface area contributed by atoms with Crippen molar-refractivity contribution in [2.24, 2.45) is 0 Å². The van der Waals surface area contributed by atoms with Crippen molar-refractivity contribution < 1.29 is 19.4 Å². The number of benzene rings is 1. The first-order chi connectivity index (χ1) is 8.04. The molecule has 5 heteroatoms. The van der Waals surface area contributed by atoms with Crippen LogP contribution in [0.5, 0.6) is 5.75 Å². The number of rotatable bonds is 4. The number of carbonyl (C=O) groups excluding carboxylic acids is 1. The highest BCUT2D eigenvalue weighted by molar-refractivity contribution is 6.31. The zero-order valence-electron chi connectivity index (χ0n) is 9.82. The van der Waals surface area contributed by atoms with Crippen LogP contribution in [0, 0.1) is 6.92 Å². The Hall–Kier alpha value is -2.04. The number of hydrogen-bond donors (Lipinski definition) is 2. The molecule has 0 fully saturated rings. The van der Waals surface area contributed by atoms with E-state index in [1.54, 1.807) is 7.11 Å². The first-order valence-corrected chi connectivity index (χ1v) is 5.19. The van der Waals surface area contributed by atoms with Gasteiger partial charge in [0.25, 0.3) is 0 Å². The van der Waals surface area contributed by atoms with Crippen LogP contribution in [0.3, 0.4) is 0 Å². The maximum absolute atomic E-state index is 10.8. The van der Waals surface area contributed by atoms with Gasteiger partial charge in [-0.05, 0) is 25.0 Å². The number of hydrogen-bond acceptors (Lipinski definition) is 3. The van der Waals surface area contributed by atoms with Gasteiger partial charge in [0.2, 0.25) is 0 Å². The molecule has 92 valence electrons. The second kappa shape index (κ2) is 5.89. The number of ether oxygens (including phenoxy) is 1. The SMILES string of the molecule is COc1ccc(C)cc1CCNC(=O)C(=O)O. The molecule has 1 amide bonds. The van der Waals surface area contributed by atoms with Crippen molar-refractivity contribution in [2.75, 3.05) is 13.7 Å². The second-order valence-electron chi connectivity index (χ2n) is 3.63. The minimum Gasteiger partial charge on any atom is -0.496 e. The Morgan fingerprint density at radius 2 is 2.12 bits per heavy atom. The summed E-state index contributed by atoms with van der Waals surface area (Å²) in [4.78, 5) is 21.1. The van der Waals surface area contributed by atoms with Crippen LogP contribution in [-0.4, -0.2) is 30.6 Å². The van der Waals surface area contributed by atoms with Crippen LogP contribution >= 0.6 is 0 Å². The molecule has 5 nitrogen and oxygen atoms in total. The van der Waals surface area contributed by atoms with Crippen LogP contribution in [0.2, 0.25) is 0 Å². The minimum atomic E-state index is -1.47. The van der Waals surface area contributed by atoms with Crippen LogP contribution in [-0.2, 0) is 16.0 Å². The third-order valence-electron chi connectivity index (χ3n) is 2.31. The van der Waals surface area contributed by atoms with E-state index in [0.717, 1.165) is 16.9 Å². The standard InChI is InChI=1S/C12H15NO4/c1-8-3-4-10(17-2)9(7-8)5-6-13-11(14)12(15)16/h3-4,7H,5-6H2,1-2H3,(H,13,14)(H,15,16). The summed E-state index contributed by atoms with van der Waals surface area (Å²) in [5.74, 6) is -1.72. The van der Waals surface area contributed by atoms with Gasteiger partial charge in [-0.3, -0.25) is 4.79 Å². The molecule has 17 heavy (non-hydrogen) atoms. The summed E-state index contributed by atoms with van der Waals surface area (Å²) in [6.45, 7) is 2.23. The first kappa shape index (κ1) is 13.0. The van der Waals surface area contributed by atoms with Crippen LogP contribution in [0.25, 0.3) is 0 Å². The molecule has 0 saturated carbocycles. The molecule has 2 N–H and O–H groups in total. The zero-order chi connectivity index (χ0) is 12.8. The van der Waals surface area contributed by atoms with Gasteiger partial charge in [0, 0.05) is 6.54 Å². The van der Waals surface area contributed by atoms with Crippen molar-refractivity contribution in [3.05, 3.63) is 29.3 Å². The fraction of sp³-hybridized carbons (Fsp3) is 0.333. The van der Waals surface area contributed by atoms with Crippen molar-refractivity contribution in [3.8, 4) is 5.75 Å². The topological polar surface area (TPSA) is 75.6 Å². The lowest BCUT2D eigenvalue weighted by Gasteiger charge is -2.09. The highest BCUT2D eigenvalue weighted by Gasteiger charge is 2.10. The van der Waals surface area contributed by atoms with E-state index in [0.29, 0.717) is 6.42 Å². The van der Waals surface area contributed by atoms with E-state index in [-0.39, 0.29) is 6.54 Å². The average molecular weight is 237 g/mol. The van der Waals surface area contributed by atoms with Gasteiger partial charge in [-0.15, -0.1) is 0 Å². The molecule has 0 aromatic heterocycles. The lowest BCUT2D eigenvalue weighted by molar-refractivity contribution is -0.150. The monoisotopic (exact) mass is 237 g/mol. The van der Waals surface area contributed by atoms with Crippen molar-refractivity contribution >= 4 is 11.9 Å². The number of carbonyl (C=O) groups is 2. The summed E-state index contributed by atoms with van der Waals surface area (Å²) in [6, 6.07) is 5.73. The highest BCUT2D eigenvalue weighted by atomic mass is 16.5. The molecule has 0 saturated heterocycles. The van der Waals surface area contributed by atoms with E-state index in [2.05, 4.69) is 5.32 Å². The van der Waals surface area contributed by atoms with Gasteiger partial charge in [-0.1, -0.05) is 17.7 Å². The normalized spacial score (nSPS) is 9.76. The number of nitrogens with one attached hydrogen (secondary N) is 1. The van der Waals surface area contributed by atoms with Crippen LogP contribution < -0.4 is 10.1 Å². The second-order valence-corrected chi connectivity index (χ2v) is 3.63. The van der Waals surface area contributed by atoms with E-state index in [1.807, 2.05) is 25.1 Å². The molecule has 0 unspecified atom stereocenters. The zero-order valence-corrected chi connectivity index (χ0v) is 9.82. The highest BCUT2D eigenvalue weighted by Crippen LogP contribution is 2.19. The summed E-state index contributed by atoms with van der Waals surface area (Å²) in [7, 11) is 1.57. The third-order valence-corrected chi connectivity index (χ3v) is 2.31. The fourth-order valence-electron chi connectivity index (χ4n) is 1.49. The van der Waals surface area contributed by atoms with E-state index in [1.165, 1.54) is 0 Å². The summed E-state index contributed by atoms with van der Waals surface area (Å²) < 4.78 is 5.18. The Bertz CT molecular complexity index is 429. The van der Waals surface area contributed by atoms with E-state index < -0.39 is 11.9 Å². The number of aliphatic carboxylic acids is 1.